The first-order chi connectivity index (χ1) is 12.6. The summed E-state index contributed by atoms with van der Waals surface area (Å²) in [4.78, 5) is 11.3. The highest BCUT2D eigenvalue weighted by Crippen LogP contribution is 2.34. The first-order valence-corrected chi connectivity index (χ1v) is 9.06. The fourth-order valence-corrected chi connectivity index (χ4v) is 2.86. The summed E-state index contributed by atoms with van der Waals surface area (Å²) >= 11 is 0. The zero-order chi connectivity index (χ0) is 20.2. The molecular weight excluding hydrogens is 387 g/mol. The Balaban J connectivity index is 2.26. The van der Waals surface area contributed by atoms with E-state index in [0.717, 1.165) is 12.1 Å². The number of alkyl halides is 3. The summed E-state index contributed by atoms with van der Waals surface area (Å²) in [5.41, 5.74) is -5.69. The molecule has 0 spiro atoms. The van der Waals surface area contributed by atoms with Crippen LogP contribution in [0.5, 0.6) is 11.5 Å². The van der Waals surface area contributed by atoms with Crippen LogP contribution in [0.1, 0.15) is 6.92 Å². The van der Waals surface area contributed by atoms with Crippen molar-refractivity contribution in [3.05, 3.63) is 48.5 Å². The third kappa shape index (κ3) is 4.70. The maximum Gasteiger partial charge on any atom is 0.501 e. The molecule has 0 aliphatic heterocycles. The van der Waals surface area contributed by atoms with Gasteiger partial charge in [-0.3, -0.25) is 4.79 Å². The molecule has 146 valence electrons. The van der Waals surface area contributed by atoms with E-state index in [0.29, 0.717) is 11.8 Å². The van der Waals surface area contributed by atoms with E-state index in [2.05, 4.69) is 5.32 Å². The molecule has 0 saturated heterocycles. The molecule has 2 aromatic carbocycles. The number of carbonyl (C=O) groups is 1. The molecule has 1 unspecified atom stereocenters. The number of benzene rings is 2. The zero-order valence-electron chi connectivity index (χ0n) is 14.3. The number of sulfone groups is 1. The van der Waals surface area contributed by atoms with E-state index in [4.69, 9.17) is 9.47 Å². The zero-order valence-corrected chi connectivity index (χ0v) is 15.1. The molecule has 10 heteroatoms. The molecule has 0 saturated carbocycles. The van der Waals surface area contributed by atoms with Gasteiger partial charge in [0.05, 0.1) is 17.7 Å². The minimum Gasteiger partial charge on any atom is -0.495 e. The van der Waals surface area contributed by atoms with Crippen molar-refractivity contribution in [1.29, 1.82) is 0 Å². The van der Waals surface area contributed by atoms with E-state index in [1.807, 2.05) is 0 Å². The first kappa shape index (κ1) is 20.6. The third-order valence-electron chi connectivity index (χ3n) is 3.47. The summed E-state index contributed by atoms with van der Waals surface area (Å²) in [6.07, 6.45) is -1.00. The van der Waals surface area contributed by atoms with Crippen molar-refractivity contribution in [2.45, 2.75) is 23.4 Å². The van der Waals surface area contributed by atoms with Crippen molar-refractivity contribution in [3.8, 4) is 11.5 Å². The molecule has 1 amide bonds. The first-order valence-electron chi connectivity index (χ1n) is 7.58. The second-order valence-corrected chi connectivity index (χ2v) is 7.31. The summed E-state index contributed by atoms with van der Waals surface area (Å²) < 4.78 is 71.7. The fourth-order valence-electron chi connectivity index (χ4n) is 2.08. The predicted molar refractivity (Wildman–Crippen MR) is 91.4 cm³/mol. The van der Waals surface area contributed by atoms with Crippen molar-refractivity contribution in [1.82, 2.24) is 0 Å². The van der Waals surface area contributed by atoms with E-state index >= 15 is 0 Å². The molecule has 0 bridgehead atoms. The highest BCUT2D eigenvalue weighted by molar-refractivity contribution is 7.92. The van der Waals surface area contributed by atoms with Gasteiger partial charge in [0, 0.05) is 0 Å². The van der Waals surface area contributed by atoms with Gasteiger partial charge in [0.25, 0.3) is 15.7 Å². The minimum atomic E-state index is -5.57. The Morgan fingerprint density at radius 1 is 1.11 bits per heavy atom. The monoisotopic (exact) mass is 403 g/mol. The van der Waals surface area contributed by atoms with Gasteiger partial charge < -0.3 is 14.8 Å². The summed E-state index contributed by atoms with van der Waals surface area (Å²) in [6.45, 7) is 1.44. The standard InChI is InChI=1S/C17H16F3NO5S/c1-11(26-12-6-4-3-5-7-12)16(22)21-14-10-13(8-9-15(14)25-2)27(23,24)17(18,19)20/h3-11H,1-2H3,(H,21,22). The van der Waals surface area contributed by atoms with Gasteiger partial charge in [0.2, 0.25) is 0 Å². The summed E-state index contributed by atoms with van der Waals surface area (Å²) in [7, 11) is -4.34. The smallest absolute Gasteiger partial charge is 0.495 e. The quantitative estimate of drug-likeness (QED) is 0.800. The maximum atomic E-state index is 12.7. The molecule has 0 aliphatic rings. The lowest BCUT2D eigenvalue weighted by atomic mass is 10.2. The highest BCUT2D eigenvalue weighted by atomic mass is 32.2. The Labute approximate surface area is 153 Å². The Morgan fingerprint density at radius 2 is 1.74 bits per heavy atom. The van der Waals surface area contributed by atoms with Crippen LogP contribution in [0, 0.1) is 0 Å². The molecule has 0 fully saturated rings. The normalized spacial score (nSPS) is 12.9. The van der Waals surface area contributed by atoms with Gasteiger partial charge in [-0.05, 0) is 37.3 Å². The van der Waals surface area contributed by atoms with Crippen LogP contribution >= 0.6 is 0 Å². The molecular formula is C17H16F3NO5S. The van der Waals surface area contributed by atoms with Gasteiger partial charge in [-0.15, -0.1) is 0 Å². The Kier molecular flexibility index (Phi) is 5.99. The van der Waals surface area contributed by atoms with E-state index < -0.39 is 32.3 Å². The lowest BCUT2D eigenvalue weighted by Gasteiger charge is -2.17. The van der Waals surface area contributed by atoms with Crippen LogP contribution in [0.4, 0.5) is 18.9 Å². The molecule has 1 N–H and O–H groups in total. The molecule has 0 heterocycles. The van der Waals surface area contributed by atoms with Crippen LogP contribution < -0.4 is 14.8 Å². The van der Waals surface area contributed by atoms with E-state index in [-0.39, 0.29) is 11.4 Å². The lowest BCUT2D eigenvalue weighted by molar-refractivity contribution is -0.122. The average Bonchev–Trinajstić information content (AvgIpc) is 2.61. The van der Waals surface area contributed by atoms with Gasteiger partial charge in [-0.25, -0.2) is 8.42 Å². The molecule has 6 nitrogen and oxygen atoms in total. The summed E-state index contributed by atoms with van der Waals surface area (Å²) in [5, 5.41) is 2.32. The number of ether oxygens (including phenoxy) is 2. The van der Waals surface area contributed by atoms with Gasteiger partial charge in [0.1, 0.15) is 11.5 Å². The highest BCUT2D eigenvalue weighted by Gasteiger charge is 2.47. The number of nitrogens with one attached hydrogen (secondary N) is 1. The molecule has 0 radical (unpaired) electrons. The second-order valence-electron chi connectivity index (χ2n) is 5.37. The van der Waals surface area contributed by atoms with Gasteiger partial charge in [-0.1, -0.05) is 18.2 Å². The predicted octanol–water partition coefficient (Wildman–Crippen LogP) is 3.39. The van der Waals surface area contributed by atoms with Crippen LogP contribution in [-0.2, 0) is 14.6 Å². The van der Waals surface area contributed by atoms with Crippen molar-refractivity contribution in [2.24, 2.45) is 0 Å². The summed E-state index contributed by atoms with van der Waals surface area (Å²) in [6, 6.07) is 10.9. The molecule has 2 rings (SSSR count). The number of anilines is 1. The van der Waals surface area contributed by atoms with Crippen LogP contribution in [-0.4, -0.2) is 33.0 Å². The number of hydrogen-bond acceptors (Lipinski definition) is 5. The van der Waals surface area contributed by atoms with E-state index in [9.17, 15) is 26.4 Å². The van der Waals surface area contributed by atoms with Crippen molar-refractivity contribution < 1.29 is 35.9 Å². The van der Waals surface area contributed by atoms with Crippen LogP contribution in [0.25, 0.3) is 0 Å². The van der Waals surface area contributed by atoms with Crippen molar-refractivity contribution in [2.75, 3.05) is 12.4 Å². The third-order valence-corrected chi connectivity index (χ3v) is 4.95. The van der Waals surface area contributed by atoms with Gasteiger partial charge in [0.15, 0.2) is 6.10 Å². The molecule has 2 aromatic rings. The van der Waals surface area contributed by atoms with Crippen molar-refractivity contribution >= 4 is 21.4 Å². The fraction of sp³-hybridized carbons (Fsp3) is 0.235. The molecule has 27 heavy (non-hydrogen) atoms. The Morgan fingerprint density at radius 3 is 2.30 bits per heavy atom. The topological polar surface area (TPSA) is 81.7 Å². The number of rotatable bonds is 6. The number of methoxy groups -OCH3 is 1. The number of para-hydroxylation sites is 1. The van der Waals surface area contributed by atoms with Crippen LogP contribution in [0.2, 0.25) is 0 Å². The Hall–Kier alpha value is -2.75. The SMILES string of the molecule is COc1ccc(S(=O)(=O)C(F)(F)F)cc1NC(=O)C(C)Oc1ccccc1. The van der Waals surface area contributed by atoms with Gasteiger partial charge >= 0.3 is 5.51 Å². The van der Waals surface area contributed by atoms with Crippen LogP contribution in [0.15, 0.2) is 53.4 Å². The molecule has 0 aliphatic carbocycles. The Bertz CT molecular complexity index is 914. The maximum absolute atomic E-state index is 12.7. The average molecular weight is 403 g/mol. The second kappa shape index (κ2) is 7.87. The van der Waals surface area contributed by atoms with Crippen molar-refractivity contribution in [3.63, 3.8) is 0 Å². The minimum absolute atomic E-state index is 0.00335. The van der Waals surface area contributed by atoms with Gasteiger partial charge in [-0.2, -0.15) is 13.2 Å². The lowest BCUT2D eigenvalue weighted by Crippen LogP contribution is -2.30. The number of hydrogen-bond donors (Lipinski definition) is 1. The number of carbonyl (C=O) groups excluding carboxylic acids is 1. The van der Waals surface area contributed by atoms with E-state index in [1.165, 1.54) is 14.0 Å². The van der Waals surface area contributed by atoms with Crippen LogP contribution in [0.3, 0.4) is 0 Å². The number of halogens is 3. The van der Waals surface area contributed by atoms with E-state index in [1.54, 1.807) is 30.3 Å². The number of amides is 1. The largest absolute Gasteiger partial charge is 0.501 e. The molecule has 1 atom stereocenters. The molecule has 0 aromatic heterocycles. The summed E-state index contributed by atoms with van der Waals surface area (Å²) in [5.74, 6) is -0.282.